The van der Waals surface area contributed by atoms with Crippen molar-refractivity contribution in [3.05, 3.63) is 70.3 Å². The molecule has 0 amide bonds. The van der Waals surface area contributed by atoms with Crippen LogP contribution in [0.3, 0.4) is 0 Å². The highest BCUT2D eigenvalue weighted by molar-refractivity contribution is 6.35. The van der Waals surface area contributed by atoms with Crippen molar-refractivity contribution in [2.75, 3.05) is 0 Å². The number of halogens is 2. The molecule has 21 heavy (non-hydrogen) atoms. The van der Waals surface area contributed by atoms with Crippen LogP contribution in [0.2, 0.25) is 10.2 Å². The van der Waals surface area contributed by atoms with Crippen LogP contribution in [0.15, 0.2) is 54.6 Å². The third-order valence-corrected chi connectivity index (χ3v) is 3.80. The molecule has 0 radical (unpaired) electrons. The number of rotatable bonds is 3. The quantitative estimate of drug-likeness (QED) is 0.659. The summed E-state index contributed by atoms with van der Waals surface area (Å²) in [6, 6.07) is 16.6. The first kappa shape index (κ1) is 13.9. The number of hydrogen-bond donors (Lipinski definition) is 0. The molecule has 5 heteroatoms. The molecule has 0 unspecified atom stereocenters. The Labute approximate surface area is 131 Å². The third-order valence-electron chi connectivity index (χ3n) is 3.11. The second-order valence-electron chi connectivity index (χ2n) is 4.40. The molecule has 1 aromatic heterocycles. The summed E-state index contributed by atoms with van der Waals surface area (Å²) in [4.78, 5) is 11.4. The first-order chi connectivity index (χ1) is 10.2. The summed E-state index contributed by atoms with van der Waals surface area (Å²) >= 11 is 12.5. The van der Waals surface area contributed by atoms with Crippen LogP contribution in [-0.2, 0) is 0 Å². The average Bonchev–Trinajstić information content (AvgIpc) is 2.85. The van der Waals surface area contributed by atoms with Crippen molar-refractivity contribution in [1.82, 2.24) is 9.78 Å². The highest BCUT2D eigenvalue weighted by Gasteiger charge is 2.19. The molecule has 0 saturated carbocycles. The molecule has 104 valence electrons. The Kier molecular flexibility index (Phi) is 3.78. The number of carbonyl (C=O) groups is 1. The monoisotopic (exact) mass is 316 g/mol. The summed E-state index contributed by atoms with van der Waals surface area (Å²) in [5.41, 5.74) is 2.26. The lowest BCUT2D eigenvalue weighted by Gasteiger charge is -2.02. The zero-order chi connectivity index (χ0) is 14.8. The lowest BCUT2D eigenvalue weighted by Crippen LogP contribution is -1.96. The van der Waals surface area contributed by atoms with Gasteiger partial charge in [-0.2, -0.15) is 5.10 Å². The molecule has 3 aromatic rings. The fourth-order valence-corrected chi connectivity index (χ4v) is 2.60. The minimum atomic E-state index is 0.270. The summed E-state index contributed by atoms with van der Waals surface area (Å²) in [7, 11) is 0. The van der Waals surface area contributed by atoms with E-state index >= 15 is 0 Å². The standard InChI is InChI=1S/C16H10Cl2N2O/c17-14-9-5-4-8-12(14)15-13(10-21)16(18)20(19-15)11-6-2-1-3-7-11/h1-10H. The van der Waals surface area contributed by atoms with Crippen molar-refractivity contribution < 1.29 is 4.79 Å². The summed E-state index contributed by atoms with van der Waals surface area (Å²) in [6.07, 6.45) is 0.702. The third kappa shape index (κ3) is 2.46. The molecule has 3 rings (SSSR count). The Morgan fingerprint density at radius 3 is 2.29 bits per heavy atom. The molecule has 0 atom stereocenters. The summed E-state index contributed by atoms with van der Waals surface area (Å²) < 4.78 is 1.53. The van der Waals surface area contributed by atoms with Gasteiger partial charge in [0.05, 0.1) is 16.3 Å². The van der Waals surface area contributed by atoms with E-state index in [9.17, 15) is 4.79 Å². The van der Waals surface area contributed by atoms with Gasteiger partial charge in [-0.25, -0.2) is 4.68 Å². The predicted octanol–water partition coefficient (Wildman–Crippen LogP) is 4.66. The number of para-hydroxylation sites is 1. The molecule has 0 saturated heterocycles. The van der Waals surface area contributed by atoms with E-state index in [-0.39, 0.29) is 5.15 Å². The molecule has 0 bridgehead atoms. The van der Waals surface area contributed by atoms with Crippen molar-refractivity contribution in [2.45, 2.75) is 0 Å². The Balaban J connectivity index is 2.24. The van der Waals surface area contributed by atoms with Crippen LogP contribution in [0, 0.1) is 0 Å². The lowest BCUT2D eigenvalue weighted by molar-refractivity contribution is 0.112. The number of aldehydes is 1. The maximum Gasteiger partial charge on any atom is 0.155 e. The van der Waals surface area contributed by atoms with Gasteiger partial charge in [-0.3, -0.25) is 4.79 Å². The second kappa shape index (κ2) is 5.72. The van der Waals surface area contributed by atoms with Gasteiger partial charge in [-0.05, 0) is 18.2 Å². The van der Waals surface area contributed by atoms with Crippen LogP contribution in [0.1, 0.15) is 10.4 Å². The van der Waals surface area contributed by atoms with E-state index in [4.69, 9.17) is 23.2 Å². The smallest absolute Gasteiger partial charge is 0.155 e. The zero-order valence-electron chi connectivity index (χ0n) is 10.8. The van der Waals surface area contributed by atoms with Gasteiger partial charge in [0.1, 0.15) is 10.8 Å². The normalized spacial score (nSPS) is 10.6. The van der Waals surface area contributed by atoms with E-state index < -0.39 is 0 Å². The van der Waals surface area contributed by atoms with Crippen LogP contribution >= 0.6 is 23.2 Å². The minimum absolute atomic E-state index is 0.270. The second-order valence-corrected chi connectivity index (χ2v) is 5.16. The minimum Gasteiger partial charge on any atom is -0.298 e. The molecular formula is C16H10Cl2N2O. The molecule has 1 heterocycles. The number of benzene rings is 2. The molecule has 0 N–H and O–H groups in total. The average molecular weight is 317 g/mol. The van der Waals surface area contributed by atoms with Crippen LogP contribution in [0.4, 0.5) is 0 Å². The van der Waals surface area contributed by atoms with Gasteiger partial charge in [0, 0.05) is 5.56 Å². The fourth-order valence-electron chi connectivity index (χ4n) is 2.11. The van der Waals surface area contributed by atoms with Crippen LogP contribution in [0.25, 0.3) is 16.9 Å². The highest BCUT2D eigenvalue weighted by atomic mass is 35.5. The number of nitrogens with zero attached hydrogens (tertiary/aromatic N) is 2. The van der Waals surface area contributed by atoms with Crippen molar-refractivity contribution in [2.24, 2.45) is 0 Å². The molecule has 0 fully saturated rings. The topological polar surface area (TPSA) is 34.9 Å². The summed E-state index contributed by atoms with van der Waals surface area (Å²) in [5.74, 6) is 0. The van der Waals surface area contributed by atoms with Crippen molar-refractivity contribution in [3.63, 3.8) is 0 Å². The first-order valence-corrected chi connectivity index (χ1v) is 7.02. The van der Waals surface area contributed by atoms with E-state index in [1.165, 1.54) is 4.68 Å². The SMILES string of the molecule is O=Cc1c(-c2ccccc2Cl)nn(-c2ccccc2)c1Cl. The molecule has 3 nitrogen and oxygen atoms in total. The van der Waals surface area contributed by atoms with Crippen LogP contribution in [-0.4, -0.2) is 16.1 Å². The largest absolute Gasteiger partial charge is 0.298 e. The number of aromatic nitrogens is 2. The zero-order valence-corrected chi connectivity index (χ0v) is 12.3. The lowest BCUT2D eigenvalue weighted by atomic mass is 10.1. The first-order valence-electron chi connectivity index (χ1n) is 6.26. The maximum atomic E-state index is 11.4. The van der Waals surface area contributed by atoms with Gasteiger partial charge in [0.2, 0.25) is 0 Å². The number of carbonyl (C=O) groups excluding carboxylic acids is 1. The molecule has 0 aliphatic rings. The van der Waals surface area contributed by atoms with E-state index in [1.807, 2.05) is 48.5 Å². The Morgan fingerprint density at radius 2 is 1.62 bits per heavy atom. The molecule has 0 aliphatic carbocycles. The predicted molar refractivity (Wildman–Crippen MR) is 84.4 cm³/mol. The Hall–Kier alpha value is -2.10. The molecule has 0 aliphatic heterocycles. The van der Waals surface area contributed by atoms with Crippen molar-refractivity contribution >= 4 is 29.5 Å². The Bertz CT molecular complexity index is 797. The van der Waals surface area contributed by atoms with Crippen molar-refractivity contribution in [1.29, 1.82) is 0 Å². The Morgan fingerprint density at radius 1 is 0.952 bits per heavy atom. The van der Waals surface area contributed by atoms with E-state index in [1.54, 1.807) is 6.07 Å². The molecule has 0 spiro atoms. The van der Waals surface area contributed by atoms with Crippen LogP contribution < -0.4 is 0 Å². The van der Waals surface area contributed by atoms with Gasteiger partial charge < -0.3 is 0 Å². The molecular weight excluding hydrogens is 307 g/mol. The van der Waals surface area contributed by atoms with Crippen molar-refractivity contribution in [3.8, 4) is 16.9 Å². The summed E-state index contributed by atoms with van der Waals surface area (Å²) in [6.45, 7) is 0. The maximum absolute atomic E-state index is 11.4. The van der Waals surface area contributed by atoms with Gasteiger partial charge >= 0.3 is 0 Å². The van der Waals surface area contributed by atoms with Gasteiger partial charge in [-0.15, -0.1) is 0 Å². The summed E-state index contributed by atoms with van der Waals surface area (Å²) in [5, 5.41) is 5.24. The number of hydrogen-bond acceptors (Lipinski definition) is 2. The van der Waals surface area contributed by atoms with Gasteiger partial charge in [-0.1, -0.05) is 59.6 Å². The molecule has 2 aromatic carbocycles. The highest BCUT2D eigenvalue weighted by Crippen LogP contribution is 2.33. The van der Waals surface area contributed by atoms with E-state index in [0.29, 0.717) is 28.1 Å². The van der Waals surface area contributed by atoms with E-state index in [2.05, 4.69) is 5.10 Å². The van der Waals surface area contributed by atoms with Gasteiger partial charge in [0.15, 0.2) is 6.29 Å². The van der Waals surface area contributed by atoms with E-state index in [0.717, 1.165) is 5.69 Å². The van der Waals surface area contributed by atoms with Gasteiger partial charge in [0.25, 0.3) is 0 Å². The van der Waals surface area contributed by atoms with Crippen LogP contribution in [0.5, 0.6) is 0 Å². The fraction of sp³-hybridized carbons (Fsp3) is 0.